The third-order valence-electron chi connectivity index (χ3n) is 4.74. The van der Waals surface area contributed by atoms with Crippen LogP contribution >= 0.6 is 0 Å². The molecule has 0 atom stereocenters. The number of carbonyl (C=O) groups excluding carboxylic acids is 2. The summed E-state index contributed by atoms with van der Waals surface area (Å²) in [5.41, 5.74) is 2.74. The molecule has 0 bridgehead atoms. The van der Waals surface area contributed by atoms with E-state index in [1.165, 1.54) is 21.5 Å². The molecule has 3 aromatic heterocycles. The predicted molar refractivity (Wildman–Crippen MR) is 117 cm³/mol. The number of aromatic nitrogens is 5. The lowest BCUT2D eigenvalue weighted by molar-refractivity contribution is -0.137. The Morgan fingerprint density at radius 1 is 1.18 bits per heavy atom. The van der Waals surface area contributed by atoms with Gasteiger partial charge in [0, 0.05) is 23.6 Å². The molecule has 3 heterocycles. The average molecular weight is 448 g/mol. The lowest BCUT2D eigenvalue weighted by Crippen LogP contribution is -2.14. The molecular formula is C22H20N6O5. The molecule has 11 heteroatoms. The van der Waals surface area contributed by atoms with Crippen LogP contribution in [0.25, 0.3) is 16.9 Å². The molecule has 0 aliphatic rings. The normalized spacial score (nSPS) is 10.8. The maximum absolute atomic E-state index is 12.6. The van der Waals surface area contributed by atoms with Gasteiger partial charge in [-0.05, 0) is 31.2 Å². The number of amides is 1. The fourth-order valence-electron chi connectivity index (χ4n) is 3.23. The van der Waals surface area contributed by atoms with Gasteiger partial charge in [-0.1, -0.05) is 12.1 Å². The number of rotatable bonds is 8. The second kappa shape index (κ2) is 9.30. The van der Waals surface area contributed by atoms with Gasteiger partial charge in [0.2, 0.25) is 0 Å². The van der Waals surface area contributed by atoms with E-state index in [4.69, 9.17) is 9.84 Å². The Balaban J connectivity index is 1.56. The summed E-state index contributed by atoms with van der Waals surface area (Å²) in [4.78, 5) is 39.7. The van der Waals surface area contributed by atoms with Gasteiger partial charge < -0.3 is 15.2 Å². The van der Waals surface area contributed by atoms with E-state index in [2.05, 4.69) is 20.5 Å². The van der Waals surface area contributed by atoms with Crippen molar-refractivity contribution in [2.24, 2.45) is 0 Å². The molecule has 0 radical (unpaired) electrons. The van der Waals surface area contributed by atoms with Crippen molar-refractivity contribution in [3.05, 3.63) is 66.2 Å². The lowest BCUT2D eigenvalue weighted by atomic mass is 10.1. The quantitative estimate of drug-likeness (QED) is 0.392. The van der Waals surface area contributed by atoms with E-state index in [0.29, 0.717) is 17.0 Å². The highest BCUT2D eigenvalue weighted by Gasteiger charge is 2.17. The summed E-state index contributed by atoms with van der Waals surface area (Å²) in [6.45, 7) is 2.14. The molecule has 0 saturated carbocycles. The number of esters is 1. The van der Waals surface area contributed by atoms with Gasteiger partial charge in [0.1, 0.15) is 5.56 Å². The van der Waals surface area contributed by atoms with Crippen molar-refractivity contribution in [2.45, 2.75) is 19.9 Å². The van der Waals surface area contributed by atoms with Crippen LogP contribution in [0.2, 0.25) is 0 Å². The monoisotopic (exact) mass is 448 g/mol. The number of carboxylic acids is 1. The van der Waals surface area contributed by atoms with Gasteiger partial charge in [0.25, 0.3) is 5.91 Å². The molecule has 168 valence electrons. The van der Waals surface area contributed by atoms with E-state index < -0.39 is 17.8 Å². The number of benzene rings is 1. The molecule has 0 aliphatic carbocycles. The molecule has 2 N–H and O–H groups in total. The Hall–Kier alpha value is -4.54. The summed E-state index contributed by atoms with van der Waals surface area (Å²) in [6, 6.07) is 10.4. The Morgan fingerprint density at radius 3 is 2.82 bits per heavy atom. The Kier molecular flexibility index (Phi) is 6.11. The van der Waals surface area contributed by atoms with Crippen LogP contribution in [0.5, 0.6) is 0 Å². The molecule has 0 spiro atoms. The first-order valence-corrected chi connectivity index (χ1v) is 10.1. The fourth-order valence-corrected chi connectivity index (χ4v) is 3.23. The van der Waals surface area contributed by atoms with Crippen LogP contribution in [-0.2, 0) is 16.1 Å². The van der Waals surface area contributed by atoms with E-state index >= 15 is 0 Å². The molecule has 11 nitrogen and oxygen atoms in total. The standard InChI is InChI=1S/C22H20N6O5/c1-2-33-22(32)16-13-24-28-18(6-9-23-20(16)28)14-4-3-5-15(12-14)25-21(31)17-7-10-27(26-17)11-8-19(29)30/h3-7,9-10,12-13H,2,8,11H2,1H3,(H,25,31)(H,29,30). The van der Waals surface area contributed by atoms with Crippen molar-refractivity contribution in [3.63, 3.8) is 0 Å². The van der Waals surface area contributed by atoms with Gasteiger partial charge in [0.05, 0.1) is 31.5 Å². The summed E-state index contributed by atoms with van der Waals surface area (Å²) < 4.78 is 8.00. The van der Waals surface area contributed by atoms with E-state index in [0.717, 1.165) is 5.56 Å². The number of carboxylic acid groups (broad SMARTS) is 1. The molecular weight excluding hydrogens is 428 g/mol. The predicted octanol–water partition coefficient (Wildman–Crippen LogP) is 2.50. The lowest BCUT2D eigenvalue weighted by Gasteiger charge is -2.08. The largest absolute Gasteiger partial charge is 0.481 e. The van der Waals surface area contributed by atoms with E-state index in [9.17, 15) is 14.4 Å². The first-order valence-electron chi connectivity index (χ1n) is 10.1. The first kappa shape index (κ1) is 21.7. The minimum Gasteiger partial charge on any atom is -0.481 e. The summed E-state index contributed by atoms with van der Waals surface area (Å²) in [5, 5.41) is 19.9. The number of hydrogen-bond acceptors (Lipinski definition) is 7. The minimum atomic E-state index is -0.940. The van der Waals surface area contributed by atoms with Crippen molar-refractivity contribution in [1.29, 1.82) is 0 Å². The molecule has 1 aromatic carbocycles. The second-order valence-corrected chi connectivity index (χ2v) is 6.99. The van der Waals surface area contributed by atoms with E-state index in [1.54, 1.807) is 43.6 Å². The smallest absolute Gasteiger partial charge is 0.343 e. The maximum atomic E-state index is 12.6. The fraction of sp³-hybridized carbons (Fsp3) is 0.182. The Morgan fingerprint density at radius 2 is 2.03 bits per heavy atom. The van der Waals surface area contributed by atoms with Gasteiger partial charge in [-0.2, -0.15) is 10.2 Å². The van der Waals surface area contributed by atoms with Gasteiger partial charge in [0.15, 0.2) is 11.3 Å². The van der Waals surface area contributed by atoms with Gasteiger partial charge in [-0.15, -0.1) is 0 Å². The second-order valence-electron chi connectivity index (χ2n) is 6.99. The number of ether oxygens (including phenoxy) is 1. The first-order chi connectivity index (χ1) is 16.0. The zero-order valence-corrected chi connectivity index (χ0v) is 17.6. The van der Waals surface area contributed by atoms with Gasteiger partial charge in [-0.3, -0.25) is 14.3 Å². The van der Waals surface area contributed by atoms with Crippen molar-refractivity contribution in [2.75, 3.05) is 11.9 Å². The molecule has 33 heavy (non-hydrogen) atoms. The molecule has 1 amide bonds. The molecule has 0 aliphatic heterocycles. The van der Waals surface area contributed by atoms with Crippen molar-refractivity contribution >= 4 is 29.2 Å². The summed E-state index contributed by atoms with van der Waals surface area (Å²) in [5.74, 6) is -1.86. The Labute approximate surface area is 187 Å². The maximum Gasteiger partial charge on any atom is 0.343 e. The number of aliphatic carboxylic acids is 1. The van der Waals surface area contributed by atoms with Gasteiger partial charge >= 0.3 is 11.9 Å². The highest BCUT2D eigenvalue weighted by Crippen LogP contribution is 2.24. The van der Waals surface area contributed by atoms with Crippen LogP contribution in [0.1, 0.15) is 34.2 Å². The highest BCUT2D eigenvalue weighted by atomic mass is 16.5. The van der Waals surface area contributed by atoms with E-state index in [1.807, 2.05) is 6.07 Å². The Bertz CT molecular complexity index is 1340. The molecule has 0 fully saturated rings. The van der Waals surface area contributed by atoms with Crippen LogP contribution < -0.4 is 5.32 Å². The van der Waals surface area contributed by atoms with Crippen molar-refractivity contribution in [3.8, 4) is 11.3 Å². The number of fused-ring (bicyclic) bond motifs is 1. The zero-order chi connectivity index (χ0) is 23.4. The molecule has 0 saturated heterocycles. The number of carbonyl (C=O) groups is 3. The number of anilines is 1. The topological polar surface area (TPSA) is 141 Å². The highest BCUT2D eigenvalue weighted by molar-refractivity contribution is 6.03. The minimum absolute atomic E-state index is 0.0868. The zero-order valence-electron chi connectivity index (χ0n) is 17.6. The summed E-state index contributed by atoms with van der Waals surface area (Å²) in [6.07, 6.45) is 4.46. The van der Waals surface area contributed by atoms with Crippen LogP contribution in [0, 0.1) is 0 Å². The number of hydrogen-bond donors (Lipinski definition) is 2. The van der Waals surface area contributed by atoms with Crippen LogP contribution in [0.3, 0.4) is 0 Å². The van der Waals surface area contributed by atoms with Crippen molar-refractivity contribution < 1.29 is 24.2 Å². The average Bonchev–Trinajstić information content (AvgIpc) is 3.45. The summed E-state index contributed by atoms with van der Waals surface area (Å²) >= 11 is 0. The van der Waals surface area contributed by atoms with Crippen LogP contribution in [-0.4, -0.2) is 53.9 Å². The van der Waals surface area contributed by atoms with Crippen LogP contribution in [0.4, 0.5) is 5.69 Å². The number of aryl methyl sites for hydroxylation is 1. The van der Waals surface area contributed by atoms with E-state index in [-0.39, 0.29) is 30.8 Å². The number of nitrogens with zero attached hydrogens (tertiary/aromatic N) is 5. The van der Waals surface area contributed by atoms with Crippen LogP contribution in [0.15, 0.2) is 55.0 Å². The number of nitrogens with one attached hydrogen (secondary N) is 1. The van der Waals surface area contributed by atoms with Gasteiger partial charge in [-0.25, -0.2) is 14.3 Å². The molecule has 4 rings (SSSR count). The summed E-state index contributed by atoms with van der Waals surface area (Å²) in [7, 11) is 0. The molecule has 0 unspecified atom stereocenters. The molecule has 4 aromatic rings. The SMILES string of the molecule is CCOC(=O)c1cnn2c(-c3cccc(NC(=O)c4ccn(CCC(=O)O)n4)c3)ccnc12. The third kappa shape index (κ3) is 4.71. The van der Waals surface area contributed by atoms with Crippen molar-refractivity contribution in [1.82, 2.24) is 24.4 Å². The third-order valence-corrected chi connectivity index (χ3v) is 4.74.